The molecule has 0 unspecified atom stereocenters. The minimum Gasteiger partial charge on any atom is -0.402 e. The molecule has 0 spiro atoms. The summed E-state index contributed by atoms with van der Waals surface area (Å²) in [5.41, 5.74) is 2.02. The van der Waals surface area contributed by atoms with E-state index >= 15 is 0 Å². The van der Waals surface area contributed by atoms with Gasteiger partial charge in [-0.1, -0.05) is 54.1 Å². The van der Waals surface area contributed by atoms with E-state index in [1.165, 1.54) is 16.8 Å². The van der Waals surface area contributed by atoms with Gasteiger partial charge in [-0.3, -0.25) is 0 Å². The minimum atomic E-state index is -3.98. The van der Waals surface area contributed by atoms with Gasteiger partial charge in [-0.2, -0.15) is 9.78 Å². The monoisotopic (exact) mass is 432 g/mol. The summed E-state index contributed by atoms with van der Waals surface area (Å²) in [5.74, 6) is -0.802. The fourth-order valence-corrected chi connectivity index (χ4v) is 4.81. The zero-order chi connectivity index (χ0) is 22.0. The molecule has 0 saturated carbocycles. The van der Waals surface area contributed by atoms with Crippen molar-refractivity contribution in [2.75, 3.05) is 0 Å². The van der Waals surface area contributed by atoms with Gasteiger partial charge >= 0.3 is 5.97 Å². The first-order valence-corrected chi connectivity index (χ1v) is 11.1. The molecule has 0 aliphatic rings. The van der Waals surface area contributed by atoms with Crippen LogP contribution in [0.4, 0.5) is 0 Å². The fourth-order valence-electron chi connectivity index (χ4n) is 3.27. The molecule has 6 nitrogen and oxygen atoms in total. The number of aryl methyl sites for hydroxylation is 2. The molecule has 0 atom stereocenters. The maximum absolute atomic E-state index is 13.4. The standard InChI is InChI=1S/C24H20N2O4S/c1-17-10-9-11-19(16-17)24(27)30-23-22(31(28,29)21-14-7-4-8-15-21)18(2)25-26(23)20-12-5-3-6-13-20/h3-16H,1-2H3. The Labute approximate surface area is 180 Å². The molecule has 7 heteroatoms. The predicted octanol–water partition coefficient (Wildman–Crippen LogP) is 4.54. The molecule has 0 saturated heterocycles. The van der Waals surface area contributed by atoms with Crippen molar-refractivity contribution in [3.8, 4) is 11.6 Å². The van der Waals surface area contributed by atoms with Crippen LogP contribution in [0.15, 0.2) is 94.7 Å². The number of benzene rings is 3. The van der Waals surface area contributed by atoms with Crippen LogP contribution >= 0.6 is 0 Å². The number of carbonyl (C=O) groups is 1. The number of carbonyl (C=O) groups excluding carboxylic acids is 1. The number of esters is 1. The average molecular weight is 433 g/mol. The van der Waals surface area contributed by atoms with Crippen molar-refractivity contribution in [3.63, 3.8) is 0 Å². The molecule has 31 heavy (non-hydrogen) atoms. The van der Waals surface area contributed by atoms with Crippen molar-refractivity contribution >= 4 is 15.8 Å². The number of rotatable bonds is 5. The maximum atomic E-state index is 13.4. The van der Waals surface area contributed by atoms with E-state index in [2.05, 4.69) is 5.10 Å². The summed E-state index contributed by atoms with van der Waals surface area (Å²) >= 11 is 0. The van der Waals surface area contributed by atoms with E-state index in [1.807, 2.05) is 19.1 Å². The molecule has 0 N–H and O–H groups in total. The molecule has 0 amide bonds. The fraction of sp³-hybridized carbons (Fsp3) is 0.0833. The zero-order valence-corrected chi connectivity index (χ0v) is 17.8. The van der Waals surface area contributed by atoms with Gasteiger partial charge < -0.3 is 4.74 Å². The number of ether oxygens (including phenoxy) is 1. The Kier molecular flexibility index (Phi) is 5.44. The first-order valence-electron chi connectivity index (χ1n) is 9.62. The highest BCUT2D eigenvalue weighted by Crippen LogP contribution is 2.34. The van der Waals surface area contributed by atoms with E-state index in [4.69, 9.17) is 4.74 Å². The third-order valence-electron chi connectivity index (χ3n) is 4.73. The van der Waals surface area contributed by atoms with Crippen LogP contribution in [-0.4, -0.2) is 24.2 Å². The second-order valence-electron chi connectivity index (χ2n) is 7.04. The van der Waals surface area contributed by atoms with Crippen molar-refractivity contribution in [3.05, 3.63) is 102 Å². The Hall–Kier alpha value is -3.71. The summed E-state index contributed by atoms with van der Waals surface area (Å²) in [7, 11) is -3.98. The third kappa shape index (κ3) is 4.00. The predicted molar refractivity (Wildman–Crippen MR) is 116 cm³/mol. The van der Waals surface area contributed by atoms with Crippen LogP contribution in [0.2, 0.25) is 0 Å². The molecule has 0 radical (unpaired) electrons. The molecule has 156 valence electrons. The van der Waals surface area contributed by atoms with Gasteiger partial charge in [0.1, 0.15) is 0 Å². The van der Waals surface area contributed by atoms with Crippen LogP contribution in [0.25, 0.3) is 5.69 Å². The van der Waals surface area contributed by atoms with Gasteiger partial charge in [-0.25, -0.2) is 13.2 Å². The molecule has 1 heterocycles. The lowest BCUT2D eigenvalue weighted by Gasteiger charge is -2.11. The summed E-state index contributed by atoms with van der Waals surface area (Å²) in [5, 5.41) is 4.40. The molecule has 1 aromatic heterocycles. The second-order valence-corrected chi connectivity index (χ2v) is 8.93. The summed E-state index contributed by atoms with van der Waals surface area (Å²) in [6, 6.07) is 23.9. The van der Waals surface area contributed by atoms with Crippen LogP contribution < -0.4 is 4.74 Å². The lowest BCUT2D eigenvalue weighted by Crippen LogP contribution is -2.14. The highest BCUT2D eigenvalue weighted by molar-refractivity contribution is 7.91. The molecule has 3 aromatic carbocycles. The van der Waals surface area contributed by atoms with Gasteiger partial charge in [0, 0.05) is 0 Å². The molecule has 0 bridgehead atoms. The van der Waals surface area contributed by atoms with Crippen LogP contribution in [0.5, 0.6) is 5.88 Å². The molecule has 0 aliphatic heterocycles. The summed E-state index contributed by atoms with van der Waals surface area (Å²) < 4.78 is 33.9. The van der Waals surface area contributed by atoms with E-state index in [0.717, 1.165) is 5.56 Å². The summed E-state index contributed by atoms with van der Waals surface area (Å²) in [6.07, 6.45) is 0. The van der Waals surface area contributed by atoms with Crippen LogP contribution in [0, 0.1) is 13.8 Å². The van der Waals surface area contributed by atoms with E-state index in [-0.39, 0.29) is 21.4 Å². The van der Waals surface area contributed by atoms with Gasteiger partial charge in [0.15, 0.2) is 4.90 Å². The number of aromatic nitrogens is 2. The zero-order valence-electron chi connectivity index (χ0n) is 17.0. The first kappa shape index (κ1) is 20.6. The van der Waals surface area contributed by atoms with Gasteiger partial charge in [0.05, 0.1) is 21.8 Å². The Morgan fingerprint density at radius 3 is 2.16 bits per heavy atom. The Balaban J connectivity index is 1.90. The van der Waals surface area contributed by atoms with E-state index in [0.29, 0.717) is 11.3 Å². The minimum absolute atomic E-state index is 0.0959. The number of para-hydroxylation sites is 1. The normalized spacial score (nSPS) is 11.3. The van der Waals surface area contributed by atoms with Crippen molar-refractivity contribution in [1.82, 2.24) is 9.78 Å². The molecule has 4 rings (SSSR count). The van der Waals surface area contributed by atoms with Crippen molar-refractivity contribution in [1.29, 1.82) is 0 Å². The quantitative estimate of drug-likeness (QED) is 0.433. The van der Waals surface area contributed by atoms with Crippen LogP contribution in [-0.2, 0) is 9.84 Å². The lowest BCUT2D eigenvalue weighted by atomic mass is 10.1. The average Bonchev–Trinajstić information content (AvgIpc) is 3.11. The van der Waals surface area contributed by atoms with Crippen LogP contribution in [0.3, 0.4) is 0 Å². The van der Waals surface area contributed by atoms with E-state index in [1.54, 1.807) is 67.6 Å². The van der Waals surface area contributed by atoms with E-state index in [9.17, 15) is 13.2 Å². The Morgan fingerprint density at radius 1 is 0.871 bits per heavy atom. The Morgan fingerprint density at radius 2 is 1.52 bits per heavy atom. The van der Waals surface area contributed by atoms with Gasteiger partial charge in [0.25, 0.3) is 0 Å². The smallest absolute Gasteiger partial charge is 0.344 e. The first-order chi connectivity index (χ1) is 14.9. The third-order valence-corrected chi connectivity index (χ3v) is 6.63. The number of sulfone groups is 1. The summed E-state index contributed by atoms with van der Waals surface area (Å²) in [4.78, 5) is 12.9. The van der Waals surface area contributed by atoms with Crippen molar-refractivity contribution < 1.29 is 17.9 Å². The second kappa shape index (κ2) is 8.20. The van der Waals surface area contributed by atoms with Gasteiger partial charge in [0.2, 0.25) is 15.7 Å². The summed E-state index contributed by atoms with van der Waals surface area (Å²) in [6.45, 7) is 3.44. The molecule has 0 fully saturated rings. The van der Waals surface area contributed by atoms with Crippen molar-refractivity contribution in [2.24, 2.45) is 0 Å². The number of nitrogens with zero attached hydrogens (tertiary/aromatic N) is 2. The highest BCUT2D eigenvalue weighted by atomic mass is 32.2. The topological polar surface area (TPSA) is 78.3 Å². The number of hydrogen-bond acceptors (Lipinski definition) is 5. The molecule has 0 aliphatic carbocycles. The SMILES string of the molecule is Cc1cccc(C(=O)Oc2c(S(=O)(=O)c3ccccc3)c(C)nn2-c2ccccc2)c1. The van der Waals surface area contributed by atoms with Crippen LogP contribution in [0.1, 0.15) is 21.6 Å². The largest absolute Gasteiger partial charge is 0.402 e. The maximum Gasteiger partial charge on any atom is 0.344 e. The highest BCUT2D eigenvalue weighted by Gasteiger charge is 2.32. The lowest BCUT2D eigenvalue weighted by molar-refractivity contribution is 0.0718. The molecular weight excluding hydrogens is 412 g/mol. The molecular formula is C24H20N2O4S. The van der Waals surface area contributed by atoms with Gasteiger partial charge in [-0.15, -0.1) is 0 Å². The Bertz CT molecular complexity index is 1350. The number of hydrogen-bond donors (Lipinski definition) is 0. The molecule has 4 aromatic rings. The van der Waals surface area contributed by atoms with Gasteiger partial charge in [-0.05, 0) is 50.2 Å². The van der Waals surface area contributed by atoms with E-state index < -0.39 is 15.8 Å². The van der Waals surface area contributed by atoms with Crippen molar-refractivity contribution in [2.45, 2.75) is 23.6 Å².